The first-order chi connectivity index (χ1) is 11.9. The fourth-order valence-corrected chi connectivity index (χ4v) is 4.00. The lowest BCUT2D eigenvalue weighted by Crippen LogP contribution is -2.40. The van der Waals surface area contributed by atoms with Crippen molar-refractivity contribution >= 4 is 41.5 Å². The van der Waals surface area contributed by atoms with Gasteiger partial charge in [0.2, 0.25) is 11.8 Å². The number of carbonyl (C=O) groups excluding carboxylic acids is 2. The van der Waals surface area contributed by atoms with Gasteiger partial charge in [0.05, 0.1) is 18.7 Å². The molecule has 6 nitrogen and oxygen atoms in total. The van der Waals surface area contributed by atoms with Gasteiger partial charge in [0.15, 0.2) is 0 Å². The fraction of sp³-hybridized carbons (Fsp3) is 0.556. The van der Waals surface area contributed by atoms with Gasteiger partial charge in [0.25, 0.3) is 0 Å². The summed E-state index contributed by atoms with van der Waals surface area (Å²) in [5.74, 6) is 0.542. The van der Waals surface area contributed by atoms with Gasteiger partial charge >= 0.3 is 0 Å². The van der Waals surface area contributed by atoms with Gasteiger partial charge in [-0.3, -0.25) is 9.59 Å². The van der Waals surface area contributed by atoms with Gasteiger partial charge in [-0.25, -0.2) is 0 Å². The Balaban J connectivity index is 0.00000243. The number of hydrogen-bond acceptors (Lipinski definition) is 4. The van der Waals surface area contributed by atoms with Crippen LogP contribution in [0, 0.1) is 11.8 Å². The molecule has 2 amide bonds. The summed E-state index contributed by atoms with van der Waals surface area (Å²) in [6, 6.07) is 5.32. The van der Waals surface area contributed by atoms with Gasteiger partial charge in [0.1, 0.15) is 5.75 Å². The third-order valence-corrected chi connectivity index (χ3v) is 5.42. The van der Waals surface area contributed by atoms with Crippen LogP contribution in [-0.2, 0) is 9.59 Å². The Hall–Kier alpha value is -1.50. The third-order valence-electron chi connectivity index (χ3n) is 5.18. The lowest BCUT2D eigenvalue weighted by atomic mass is 10.1. The quantitative estimate of drug-likeness (QED) is 0.839. The lowest BCUT2D eigenvalue weighted by Gasteiger charge is -2.25. The summed E-state index contributed by atoms with van der Waals surface area (Å²) in [6.07, 6.45) is 1.14. The molecule has 2 N–H and O–H groups in total. The van der Waals surface area contributed by atoms with E-state index in [4.69, 9.17) is 22.1 Å². The highest BCUT2D eigenvalue weighted by atomic mass is 35.5. The van der Waals surface area contributed by atoms with E-state index in [0.29, 0.717) is 42.0 Å². The first-order valence-corrected chi connectivity index (χ1v) is 8.96. The van der Waals surface area contributed by atoms with Crippen LogP contribution in [0.4, 0.5) is 5.69 Å². The average molecular weight is 402 g/mol. The van der Waals surface area contributed by atoms with Gasteiger partial charge in [0, 0.05) is 30.6 Å². The zero-order chi connectivity index (χ0) is 18.1. The second-order valence-corrected chi connectivity index (χ2v) is 7.34. The minimum absolute atomic E-state index is 0. The number of anilines is 1. The number of ether oxygens (including phenoxy) is 1. The topological polar surface area (TPSA) is 75.9 Å². The molecule has 0 spiro atoms. The van der Waals surface area contributed by atoms with E-state index in [-0.39, 0.29) is 42.6 Å². The van der Waals surface area contributed by atoms with Gasteiger partial charge in [-0.15, -0.1) is 12.4 Å². The molecule has 2 heterocycles. The summed E-state index contributed by atoms with van der Waals surface area (Å²) in [7, 11) is 1.55. The Bertz CT molecular complexity index is 686. The van der Waals surface area contributed by atoms with Gasteiger partial charge in [-0.1, -0.05) is 11.6 Å². The van der Waals surface area contributed by atoms with E-state index in [2.05, 4.69) is 0 Å². The third kappa shape index (κ3) is 3.92. The molecular formula is C18H25Cl2N3O3. The number of rotatable bonds is 4. The molecule has 1 aromatic rings. The zero-order valence-corrected chi connectivity index (χ0v) is 16.6. The predicted octanol–water partition coefficient (Wildman–Crippen LogP) is 2.32. The maximum atomic E-state index is 12.9. The molecule has 8 heteroatoms. The normalized spacial score (nSPS) is 25.4. The van der Waals surface area contributed by atoms with Crippen LogP contribution in [0.15, 0.2) is 18.2 Å². The van der Waals surface area contributed by atoms with E-state index in [1.165, 1.54) is 0 Å². The minimum atomic E-state index is -0.338. The molecular weight excluding hydrogens is 377 g/mol. The number of nitrogens with two attached hydrogens (primary N) is 1. The summed E-state index contributed by atoms with van der Waals surface area (Å²) >= 11 is 6.07. The number of carbonyl (C=O) groups is 2. The highest BCUT2D eigenvalue weighted by molar-refractivity contribution is 6.31. The van der Waals surface area contributed by atoms with Crippen LogP contribution in [0.25, 0.3) is 0 Å². The van der Waals surface area contributed by atoms with Crippen LogP contribution >= 0.6 is 24.0 Å². The first-order valence-electron chi connectivity index (χ1n) is 8.59. The standard InChI is InChI=1S/C18H24ClN3O3.ClH/c1-11-5-12(8-20)9-21(11)18(24)13-6-17(23)22(10-13)15-7-14(19)3-4-16(15)25-2;/h3-4,7,11-13H,5-6,8-10,20H2,1-2H3;1H. The number of likely N-dealkylation sites (tertiary alicyclic amines) is 1. The fourth-order valence-electron chi connectivity index (χ4n) is 3.83. The Kier molecular flexibility index (Phi) is 6.77. The van der Waals surface area contributed by atoms with Crippen LogP contribution in [0.5, 0.6) is 5.75 Å². The van der Waals surface area contributed by atoms with Crippen molar-refractivity contribution in [2.24, 2.45) is 17.6 Å². The molecule has 3 rings (SSSR count). The molecule has 3 atom stereocenters. The second-order valence-electron chi connectivity index (χ2n) is 6.90. The van der Waals surface area contributed by atoms with E-state index in [9.17, 15) is 9.59 Å². The Labute approximate surface area is 165 Å². The van der Waals surface area contributed by atoms with E-state index in [1.54, 1.807) is 30.2 Å². The Morgan fingerprint density at radius 3 is 2.73 bits per heavy atom. The number of methoxy groups -OCH3 is 1. The SMILES string of the molecule is COc1ccc(Cl)cc1N1CC(C(=O)N2CC(CN)CC2C)CC1=O.Cl. The smallest absolute Gasteiger partial charge is 0.228 e. The average Bonchev–Trinajstić information content (AvgIpc) is 3.17. The molecule has 144 valence electrons. The summed E-state index contributed by atoms with van der Waals surface area (Å²) in [5, 5.41) is 0.525. The van der Waals surface area contributed by atoms with Crippen LogP contribution in [0.1, 0.15) is 19.8 Å². The summed E-state index contributed by atoms with van der Waals surface area (Å²) in [6.45, 7) is 3.66. The highest BCUT2D eigenvalue weighted by Crippen LogP contribution is 2.36. The van der Waals surface area contributed by atoms with Crippen LogP contribution in [0.3, 0.4) is 0 Å². The van der Waals surface area contributed by atoms with Crippen molar-refractivity contribution in [3.63, 3.8) is 0 Å². The summed E-state index contributed by atoms with van der Waals surface area (Å²) < 4.78 is 5.34. The molecule has 2 fully saturated rings. The van der Waals surface area contributed by atoms with Crippen LogP contribution in [-0.4, -0.2) is 49.5 Å². The Morgan fingerprint density at radius 1 is 1.38 bits per heavy atom. The van der Waals surface area contributed by atoms with Gasteiger partial charge in [-0.05, 0) is 44.0 Å². The lowest BCUT2D eigenvalue weighted by molar-refractivity contribution is -0.136. The van der Waals surface area contributed by atoms with Gasteiger partial charge < -0.3 is 20.3 Å². The highest BCUT2D eigenvalue weighted by Gasteiger charge is 2.41. The molecule has 2 aliphatic heterocycles. The van der Waals surface area contributed by atoms with Crippen molar-refractivity contribution in [2.45, 2.75) is 25.8 Å². The molecule has 26 heavy (non-hydrogen) atoms. The molecule has 0 bridgehead atoms. The number of nitrogens with zero attached hydrogens (tertiary/aromatic N) is 2. The predicted molar refractivity (Wildman–Crippen MR) is 104 cm³/mol. The van der Waals surface area contributed by atoms with Gasteiger partial charge in [-0.2, -0.15) is 0 Å². The number of benzene rings is 1. The molecule has 1 aromatic carbocycles. The van der Waals surface area contributed by atoms with Crippen molar-refractivity contribution < 1.29 is 14.3 Å². The molecule has 0 aliphatic carbocycles. The first kappa shape index (κ1) is 20.8. The zero-order valence-electron chi connectivity index (χ0n) is 15.0. The summed E-state index contributed by atoms with van der Waals surface area (Å²) in [4.78, 5) is 28.9. The maximum Gasteiger partial charge on any atom is 0.228 e. The molecule has 3 unspecified atom stereocenters. The van der Waals surface area contributed by atoms with E-state index >= 15 is 0 Å². The van der Waals surface area contributed by atoms with E-state index < -0.39 is 0 Å². The molecule has 0 radical (unpaired) electrons. The van der Waals surface area contributed by atoms with Crippen molar-refractivity contribution in [3.05, 3.63) is 23.2 Å². The van der Waals surface area contributed by atoms with Crippen molar-refractivity contribution in [3.8, 4) is 5.75 Å². The second kappa shape index (κ2) is 8.46. The number of amides is 2. The number of halogens is 2. The molecule has 2 aliphatic rings. The Morgan fingerprint density at radius 2 is 2.12 bits per heavy atom. The van der Waals surface area contributed by atoms with Crippen LogP contribution < -0.4 is 15.4 Å². The molecule has 0 saturated carbocycles. The van der Waals surface area contributed by atoms with Crippen LogP contribution in [0.2, 0.25) is 5.02 Å². The maximum absolute atomic E-state index is 12.9. The number of hydrogen-bond donors (Lipinski definition) is 1. The monoisotopic (exact) mass is 401 g/mol. The summed E-state index contributed by atoms with van der Waals surface area (Å²) in [5.41, 5.74) is 6.37. The van der Waals surface area contributed by atoms with E-state index in [1.807, 2.05) is 11.8 Å². The molecule has 2 saturated heterocycles. The molecule has 0 aromatic heterocycles. The van der Waals surface area contributed by atoms with E-state index in [0.717, 1.165) is 6.42 Å². The largest absolute Gasteiger partial charge is 0.495 e. The van der Waals surface area contributed by atoms with Crippen molar-refractivity contribution in [2.75, 3.05) is 31.6 Å². The minimum Gasteiger partial charge on any atom is -0.495 e. The van der Waals surface area contributed by atoms with Crippen molar-refractivity contribution in [1.82, 2.24) is 4.90 Å². The van der Waals surface area contributed by atoms with Crippen molar-refractivity contribution in [1.29, 1.82) is 0 Å².